The average Bonchev–Trinajstić information content (AvgIpc) is 3.23. The number of fused-ring (bicyclic) bond motifs is 2. The number of unbranched alkanes of at least 4 members (excludes halogenated alkanes) is 2. The van der Waals surface area contributed by atoms with Crippen molar-refractivity contribution in [2.45, 2.75) is 175 Å². The lowest BCUT2D eigenvalue weighted by Crippen LogP contribution is -2.33. The fraction of sp³-hybridized carbons (Fsp3) is 0.475. The Hall–Kier alpha value is -4.63. The third-order valence-corrected chi connectivity index (χ3v) is 14.7. The van der Waals surface area contributed by atoms with Crippen LogP contribution in [0.1, 0.15) is 218 Å². The number of Topliss-reactive ketones (excluding diaryl/α,β-unsaturated/α-hetero) is 3. The molecule has 2 aliphatic carbocycles. The lowest BCUT2D eigenvalue weighted by Gasteiger charge is -2.42. The molecular formula is C59H74O3. The minimum Gasteiger partial charge on any atom is -0.299 e. The number of ketones is 3. The Morgan fingerprint density at radius 3 is 1.34 bits per heavy atom. The molecule has 3 nitrogen and oxygen atoms in total. The van der Waals surface area contributed by atoms with Gasteiger partial charge in [-0.05, 0) is 136 Å². The van der Waals surface area contributed by atoms with Crippen LogP contribution < -0.4 is 0 Å². The van der Waals surface area contributed by atoms with E-state index in [9.17, 15) is 14.4 Å². The molecule has 0 fully saturated rings. The van der Waals surface area contributed by atoms with E-state index >= 15 is 0 Å². The standard InChI is InChI=1S/C59H74O3/c1-12-16-53(60)48(39-55(62)45-25-21-43(22-26-45)36-41(3)47-28-30-50-52(38-47)59(10,11)34-32-57(50,6)7)17-14-13-15-18-54(61)44-23-19-42(20-24-44)35-40(2)46-27-29-49-51(37-46)58(8,9)33-31-56(49,4)5/h19-30,35-38,48H,12-18,31-34,39H2,1-11H3/b40-35+,41-36+. The molecule has 0 N–H and O–H groups in total. The van der Waals surface area contributed by atoms with Crippen LogP contribution in [0.15, 0.2) is 84.9 Å². The van der Waals surface area contributed by atoms with Crippen molar-refractivity contribution in [3.8, 4) is 0 Å². The Morgan fingerprint density at radius 2 is 0.903 bits per heavy atom. The second-order valence-corrected chi connectivity index (χ2v) is 21.5. The number of hydrogen-bond acceptors (Lipinski definition) is 3. The second-order valence-electron chi connectivity index (χ2n) is 21.5. The van der Waals surface area contributed by atoms with E-state index in [-0.39, 0.29) is 51.3 Å². The smallest absolute Gasteiger partial charge is 0.163 e. The Morgan fingerprint density at radius 1 is 0.500 bits per heavy atom. The van der Waals surface area contributed by atoms with Crippen molar-refractivity contribution in [1.29, 1.82) is 0 Å². The van der Waals surface area contributed by atoms with Crippen molar-refractivity contribution >= 4 is 40.6 Å². The van der Waals surface area contributed by atoms with E-state index in [1.54, 1.807) is 0 Å². The molecule has 0 radical (unpaired) electrons. The van der Waals surface area contributed by atoms with E-state index in [0.29, 0.717) is 24.8 Å². The van der Waals surface area contributed by atoms with Crippen molar-refractivity contribution in [2.24, 2.45) is 5.92 Å². The lowest BCUT2D eigenvalue weighted by atomic mass is 9.63. The molecular weight excluding hydrogens is 757 g/mol. The monoisotopic (exact) mass is 831 g/mol. The van der Waals surface area contributed by atoms with Gasteiger partial charge in [0.05, 0.1) is 0 Å². The fourth-order valence-electron chi connectivity index (χ4n) is 10.0. The molecule has 0 saturated heterocycles. The zero-order chi connectivity index (χ0) is 45.0. The fourth-order valence-corrected chi connectivity index (χ4v) is 10.0. The van der Waals surface area contributed by atoms with Gasteiger partial charge in [-0.15, -0.1) is 0 Å². The van der Waals surface area contributed by atoms with Gasteiger partial charge in [0.15, 0.2) is 11.6 Å². The van der Waals surface area contributed by atoms with Crippen LogP contribution in [-0.2, 0) is 26.5 Å². The van der Waals surface area contributed by atoms with Crippen LogP contribution in [0, 0.1) is 5.92 Å². The van der Waals surface area contributed by atoms with Crippen molar-refractivity contribution in [3.63, 3.8) is 0 Å². The molecule has 0 heterocycles. The van der Waals surface area contributed by atoms with Crippen LogP contribution >= 0.6 is 0 Å². The first-order chi connectivity index (χ1) is 29.2. The Balaban J connectivity index is 0.995. The molecule has 0 amide bonds. The lowest BCUT2D eigenvalue weighted by molar-refractivity contribution is -0.123. The first kappa shape index (κ1) is 46.9. The SMILES string of the molecule is CCCC(=O)C(CCCCCC(=O)c1ccc(/C=C(\C)c2ccc3c(c2)C(C)(C)CCC3(C)C)cc1)CC(=O)c1ccc(/C=C(\C)c2ccc3c(c2)C(C)(C)CCC3(C)C)cc1. The number of carbonyl (C=O) groups excluding carboxylic acids is 3. The van der Waals surface area contributed by atoms with E-state index in [2.05, 4.69) is 118 Å². The van der Waals surface area contributed by atoms with Crippen LogP contribution in [0.25, 0.3) is 23.3 Å². The molecule has 0 bridgehead atoms. The molecule has 328 valence electrons. The molecule has 0 aromatic heterocycles. The summed E-state index contributed by atoms with van der Waals surface area (Å²) in [5.74, 6) is 0.0507. The van der Waals surface area contributed by atoms with Gasteiger partial charge in [0.25, 0.3) is 0 Å². The van der Waals surface area contributed by atoms with E-state index in [1.165, 1.54) is 70.2 Å². The van der Waals surface area contributed by atoms with Crippen molar-refractivity contribution < 1.29 is 14.4 Å². The number of benzene rings is 4. The van der Waals surface area contributed by atoms with Gasteiger partial charge < -0.3 is 0 Å². The highest BCUT2D eigenvalue weighted by atomic mass is 16.1. The van der Waals surface area contributed by atoms with Gasteiger partial charge in [-0.1, -0.05) is 172 Å². The van der Waals surface area contributed by atoms with Crippen LogP contribution in [-0.4, -0.2) is 17.3 Å². The molecule has 3 heteroatoms. The Labute approximate surface area is 374 Å². The van der Waals surface area contributed by atoms with Gasteiger partial charge in [-0.2, -0.15) is 0 Å². The maximum atomic E-state index is 13.5. The van der Waals surface area contributed by atoms with Crippen molar-refractivity contribution in [1.82, 2.24) is 0 Å². The summed E-state index contributed by atoms with van der Waals surface area (Å²) in [7, 11) is 0. The van der Waals surface area contributed by atoms with Crippen LogP contribution in [0.5, 0.6) is 0 Å². The highest BCUT2D eigenvalue weighted by Crippen LogP contribution is 2.48. The van der Waals surface area contributed by atoms with E-state index in [0.717, 1.165) is 42.4 Å². The summed E-state index contributed by atoms with van der Waals surface area (Å²) in [6.45, 7) is 25.2. The molecule has 0 spiro atoms. The molecule has 4 aromatic carbocycles. The van der Waals surface area contributed by atoms with Gasteiger partial charge in [-0.25, -0.2) is 0 Å². The van der Waals surface area contributed by atoms with E-state index in [1.807, 2.05) is 55.5 Å². The molecule has 6 rings (SSSR count). The minimum atomic E-state index is -0.290. The number of allylic oxidation sites excluding steroid dienone is 2. The molecule has 62 heavy (non-hydrogen) atoms. The maximum absolute atomic E-state index is 13.5. The first-order valence-corrected chi connectivity index (χ1v) is 23.7. The largest absolute Gasteiger partial charge is 0.299 e. The quantitative estimate of drug-likeness (QED) is 0.0605. The topological polar surface area (TPSA) is 51.2 Å². The Kier molecular flexibility index (Phi) is 14.4. The summed E-state index contributed by atoms with van der Waals surface area (Å²) < 4.78 is 0. The van der Waals surface area contributed by atoms with Gasteiger partial charge in [-0.3, -0.25) is 14.4 Å². The molecule has 1 atom stereocenters. The predicted molar refractivity (Wildman–Crippen MR) is 263 cm³/mol. The molecule has 0 aliphatic heterocycles. The zero-order valence-corrected chi connectivity index (χ0v) is 40.0. The van der Waals surface area contributed by atoms with Crippen LogP contribution in [0.3, 0.4) is 0 Å². The number of hydrogen-bond donors (Lipinski definition) is 0. The molecule has 0 saturated carbocycles. The minimum absolute atomic E-state index is 0.0191. The van der Waals surface area contributed by atoms with Crippen molar-refractivity contribution in [3.05, 3.63) is 141 Å². The van der Waals surface area contributed by atoms with E-state index in [4.69, 9.17) is 0 Å². The maximum Gasteiger partial charge on any atom is 0.163 e. The summed E-state index contributed by atoms with van der Waals surface area (Å²) in [6, 6.07) is 29.8. The van der Waals surface area contributed by atoms with Gasteiger partial charge >= 0.3 is 0 Å². The second kappa shape index (κ2) is 19.0. The summed E-state index contributed by atoms with van der Waals surface area (Å²) >= 11 is 0. The van der Waals surface area contributed by atoms with Crippen LogP contribution in [0.2, 0.25) is 0 Å². The molecule has 2 aliphatic rings. The summed E-state index contributed by atoms with van der Waals surface area (Å²) in [6.07, 6.45) is 14.3. The van der Waals surface area contributed by atoms with Gasteiger partial charge in [0.1, 0.15) is 5.78 Å². The average molecular weight is 831 g/mol. The molecule has 4 aromatic rings. The predicted octanol–water partition coefficient (Wildman–Crippen LogP) is 15.9. The normalized spacial score (nSPS) is 18.0. The Bertz CT molecular complexity index is 2320. The van der Waals surface area contributed by atoms with Crippen molar-refractivity contribution in [2.75, 3.05) is 0 Å². The first-order valence-electron chi connectivity index (χ1n) is 23.7. The highest BCUT2D eigenvalue weighted by Gasteiger charge is 2.38. The third-order valence-electron chi connectivity index (χ3n) is 14.7. The number of carbonyl (C=O) groups is 3. The highest BCUT2D eigenvalue weighted by molar-refractivity contribution is 5.99. The summed E-state index contributed by atoms with van der Waals surface area (Å²) in [5, 5.41) is 0. The summed E-state index contributed by atoms with van der Waals surface area (Å²) in [5.41, 5.74) is 15.0. The van der Waals surface area contributed by atoms with Crippen LogP contribution in [0.4, 0.5) is 0 Å². The zero-order valence-electron chi connectivity index (χ0n) is 40.0. The van der Waals surface area contributed by atoms with Gasteiger partial charge in [0, 0.05) is 36.3 Å². The molecule has 1 unspecified atom stereocenters. The summed E-state index contributed by atoms with van der Waals surface area (Å²) in [4.78, 5) is 39.9. The third kappa shape index (κ3) is 10.9. The van der Waals surface area contributed by atoms with Gasteiger partial charge in [0.2, 0.25) is 0 Å². The number of rotatable bonds is 17. The van der Waals surface area contributed by atoms with E-state index < -0.39 is 0 Å².